The summed E-state index contributed by atoms with van der Waals surface area (Å²) >= 11 is 0. The molecule has 0 spiro atoms. The van der Waals surface area contributed by atoms with Crippen molar-refractivity contribution in [2.45, 2.75) is 54.0 Å². The van der Waals surface area contributed by atoms with Gasteiger partial charge in [0, 0.05) is 11.1 Å². The molecule has 0 aliphatic carbocycles. The first-order valence-electron chi connectivity index (χ1n) is 10.9. The molecule has 32 heavy (non-hydrogen) atoms. The van der Waals surface area contributed by atoms with E-state index in [0.717, 1.165) is 27.2 Å². The SMILES string of the molecule is CC[C@@H](N(NC(=O)c1ccc2c(c1)BN(O)N=C2)C(=O)c1cc(C)cc(C)c1)C(C)(C)C. The highest BCUT2D eigenvalue weighted by Crippen LogP contribution is 2.27. The minimum atomic E-state index is -0.375. The van der Waals surface area contributed by atoms with E-state index >= 15 is 0 Å². The lowest BCUT2D eigenvalue weighted by molar-refractivity contribution is 0.00431. The summed E-state index contributed by atoms with van der Waals surface area (Å²) in [6.45, 7) is 12.1. The van der Waals surface area contributed by atoms with Gasteiger partial charge in [-0.15, -0.1) is 0 Å². The Morgan fingerprint density at radius 3 is 2.38 bits per heavy atom. The third kappa shape index (κ3) is 5.19. The minimum absolute atomic E-state index is 0.192. The number of hydrogen-bond acceptors (Lipinski definition) is 5. The van der Waals surface area contributed by atoms with Crippen molar-refractivity contribution in [1.29, 1.82) is 0 Å². The van der Waals surface area contributed by atoms with Crippen molar-refractivity contribution in [3.63, 3.8) is 0 Å². The van der Waals surface area contributed by atoms with Gasteiger partial charge in [0.15, 0.2) is 0 Å². The van der Waals surface area contributed by atoms with Crippen LogP contribution in [0.2, 0.25) is 0 Å². The average Bonchev–Trinajstić information content (AvgIpc) is 2.70. The first kappa shape index (κ1) is 23.5. The Morgan fingerprint density at radius 2 is 1.78 bits per heavy atom. The van der Waals surface area contributed by atoms with Crippen LogP contribution in [0.5, 0.6) is 0 Å². The second-order valence-corrected chi connectivity index (χ2v) is 9.47. The Hall–Kier alpha value is -3.13. The summed E-state index contributed by atoms with van der Waals surface area (Å²) in [5.74, 6) is -0.612. The van der Waals surface area contributed by atoms with Crippen LogP contribution >= 0.6 is 0 Å². The van der Waals surface area contributed by atoms with Crippen LogP contribution in [0, 0.1) is 19.3 Å². The molecule has 0 aromatic heterocycles. The van der Waals surface area contributed by atoms with Crippen molar-refractivity contribution in [2.24, 2.45) is 10.5 Å². The summed E-state index contributed by atoms with van der Waals surface area (Å²) in [5, 5.41) is 15.8. The number of aryl methyl sites for hydroxylation is 2. The van der Waals surface area contributed by atoms with Gasteiger partial charge < -0.3 is 0 Å². The summed E-state index contributed by atoms with van der Waals surface area (Å²) in [4.78, 5) is 26.8. The topological polar surface area (TPSA) is 85.2 Å². The fourth-order valence-corrected chi connectivity index (χ4v) is 4.20. The highest BCUT2D eigenvalue weighted by atomic mass is 16.5. The van der Waals surface area contributed by atoms with E-state index in [9.17, 15) is 14.8 Å². The number of hydrazone groups is 1. The van der Waals surface area contributed by atoms with Gasteiger partial charge in [0.25, 0.3) is 11.8 Å². The fourth-order valence-electron chi connectivity index (χ4n) is 4.20. The molecule has 2 amide bonds. The van der Waals surface area contributed by atoms with Crippen molar-refractivity contribution in [3.05, 3.63) is 64.2 Å². The molecule has 0 saturated heterocycles. The number of carbonyl (C=O) groups is 2. The molecule has 2 aromatic rings. The van der Waals surface area contributed by atoms with Crippen LogP contribution in [0.25, 0.3) is 0 Å². The first-order valence-corrected chi connectivity index (χ1v) is 10.9. The molecular weight excluding hydrogens is 403 g/mol. The molecule has 7 nitrogen and oxygen atoms in total. The molecule has 0 unspecified atom stereocenters. The first-order chi connectivity index (χ1) is 15.0. The van der Waals surface area contributed by atoms with Gasteiger partial charge in [-0.25, -0.2) is 10.1 Å². The van der Waals surface area contributed by atoms with Crippen LogP contribution in [0.3, 0.4) is 0 Å². The number of rotatable bonds is 4. The van der Waals surface area contributed by atoms with E-state index < -0.39 is 0 Å². The van der Waals surface area contributed by atoms with E-state index in [1.54, 1.807) is 24.4 Å². The monoisotopic (exact) mass is 434 g/mol. The van der Waals surface area contributed by atoms with Gasteiger partial charge in [-0.3, -0.25) is 20.2 Å². The average molecular weight is 434 g/mol. The van der Waals surface area contributed by atoms with Gasteiger partial charge in [-0.1, -0.05) is 57.0 Å². The highest BCUT2D eigenvalue weighted by molar-refractivity contribution is 6.53. The fraction of sp³-hybridized carbons (Fsp3) is 0.375. The molecule has 1 aliphatic heterocycles. The van der Waals surface area contributed by atoms with Gasteiger partial charge in [-0.05, 0) is 54.9 Å². The van der Waals surface area contributed by atoms with Crippen LogP contribution in [0.1, 0.15) is 71.5 Å². The molecule has 0 radical (unpaired) electrons. The largest absolute Gasteiger partial charge is 0.332 e. The Kier molecular flexibility index (Phi) is 6.74. The lowest BCUT2D eigenvalue weighted by atomic mass is 9.78. The van der Waals surface area contributed by atoms with Crippen molar-refractivity contribution in [2.75, 3.05) is 0 Å². The normalized spacial score (nSPS) is 13.8. The minimum Gasteiger partial charge on any atom is -0.285 e. The maximum atomic E-state index is 13.6. The molecule has 0 saturated carbocycles. The van der Waals surface area contributed by atoms with E-state index in [2.05, 4.69) is 31.3 Å². The van der Waals surface area contributed by atoms with Crippen LogP contribution in [-0.4, -0.2) is 46.8 Å². The Labute approximate surface area is 190 Å². The smallest absolute Gasteiger partial charge is 0.285 e. The number of hydrogen-bond donors (Lipinski definition) is 2. The van der Waals surface area contributed by atoms with Crippen LogP contribution < -0.4 is 10.9 Å². The van der Waals surface area contributed by atoms with Gasteiger partial charge in [0.2, 0.25) is 0 Å². The van der Waals surface area contributed by atoms with Crippen molar-refractivity contribution >= 4 is 30.9 Å². The lowest BCUT2D eigenvalue weighted by Gasteiger charge is -2.39. The third-order valence-corrected chi connectivity index (χ3v) is 5.65. The summed E-state index contributed by atoms with van der Waals surface area (Å²) < 4.78 is 0. The number of benzene rings is 2. The molecule has 8 heteroatoms. The Balaban J connectivity index is 1.95. The zero-order valence-corrected chi connectivity index (χ0v) is 19.6. The maximum Gasteiger partial charge on any atom is 0.332 e. The van der Waals surface area contributed by atoms with Gasteiger partial charge in [0.1, 0.15) is 0 Å². The summed E-state index contributed by atoms with van der Waals surface area (Å²) in [6.07, 6.45) is 2.23. The van der Waals surface area contributed by atoms with Crippen LogP contribution in [0.15, 0.2) is 41.5 Å². The van der Waals surface area contributed by atoms with Crippen molar-refractivity contribution in [1.82, 2.24) is 15.5 Å². The van der Waals surface area contributed by atoms with E-state index in [-0.39, 0.29) is 30.7 Å². The molecule has 1 aliphatic rings. The van der Waals surface area contributed by atoms with Crippen molar-refractivity contribution in [3.8, 4) is 0 Å². The predicted octanol–water partition coefficient (Wildman–Crippen LogP) is 2.93. The number of nitrogens with one attached hydrogen (secondary N) is 1. The summed E-state index contributed by atoms with van der Waals surface area (Å²) in [6, 6.07) is 10.7. The maximum absolute atomic E-state index is 13.6. The van der Waals surface area contributed by atoms with E-state index in [1.165, 1.54) is 5.01 Å². The van der Waals surface area contributed by atoms with E-state index in [1.807, 2.05) is 39.0 Å². The van der Waals surface area contributed by atoms with Crippen LogP contribution in [0.4, 0.5) is 0 Å². The number of nitrogens with zero attached hydrogens (tertiary/aromatic N) is 3. The van der Waals surface area contributed by atoms with E-state index in [0.29, 0.717) is 17.5 Å². The molecule has 2 aromatic carbocycles. The second-order valence-electron chi connectivity index (χ2n) is 9.47. The Morgan fingerprint density at radius 1 is 1.12 bits per heavy atom. The number of hydrazine groups is 1. The predicted molar refractivity (Wildman–Crippen MR) is 128 cm³/mol. The summed E-state index contributed by atoms with van der Waals surface area (Å²) in [5.41, 5.74) is 7.20. The number of fused-ring (bicyclic) bond motifs is 1. The standard InChI is InChI=1S/C24H31BN4O3/c1-7-21(24(4,5)6)28(23(31)19-11-15(2)10-16(3)12-19)27-22(30)17-8-9-18-14-26-29(32)25-20(18)13-17/h8-14,21,25,32H,7H2,1-6H3,(H,27,30)/t21-/m1/s1. The van der Waals surface area contributed by atoms with Gasteiger partial charge in [0.05, 0.1) is 12.3 Å². The molecule has 0 fully saturated rings. The molecule has 2 N–H and O–H groups in total. The molecule has 168 valence electrons. The summed E-state index contributed by atoms with van der Waals surface area (Å²) in [7, 11) is 0.192. The van der Waals surface area contributed by atoms with Crippen molar-refractivity contribution < 1.29 is 14.8 Å². The zero-order valence-electron chi connectivity index (χ0n) is 19.6. The van der Waals surface area contributed by atoms with Gasteiger partial charge in [-0.2, -0.15) is 5.10 Å². The zero-order chi connectivity index (χ0) is 23.6. The van der Waals surface area contributed by atoms with E-state index in [4.69, 9.17) is 0 Å². The molecular formula is C24H31BN4O3. The molecule has 1 atom stereocenters. The van der Waals surface area contributed by atoms with Crippen LogP contribution in [-0.2, 0) is 0 Å². The lowest BCUT2D eigenvalue weighted by Crippen LogP contribution is -2.56. The second kappa shape index (κ2) is 9.16. The quantitative estimate of drug-likeness (QED) is 0.573. The molecule has 1 heterocycles. The highest BCUT2D eigenvalue weighted by Gasteiger charge is 2.34. The molecule has 3 rings (SSSR count). The Bertz CT molecular complexity index is 1040. The third-order valence-electron chi connectivity index (χ3n) is 5.65. The molecule has 0 bridgehead atoms. The van der Waals surface area contributed by atoms with Gasteiger partial charge >= 0.3 is 7.41 Å². The number of amides is 2. The number of carbonyl (C=O) groups excluding carboxylic acids is 2.